The van der Waals surface area contributed by atoms with Gasteiger partial charge in [0.15, 0.2) is 0 Å². The lowest BCUT2D eigenvalue weighted by Gasteiger charge is -2.29. The molecule has 0 heterocycles. The number of hydrogen-bond donors (Lipinski definition) is 2. The molecule has 1 amide bonds. The average molecular weight is 251 g/mol. The number of amides is 1. The predicted octanol–water partition coefficient (Wildman–Crippen LogP) is 1.79. The minimum Gasteiger partial charge on any atom is -0.481 e. The topological polar surface area (TPSA) is 66.4 Å². The molecular formula is C14H21NO3. The van der Waals surface area contributed by atoms with Crippen LogP contribution in [-0.2, 0) is 9.59 Å². The van der Waals surface area contributed by atoms with Crippen molar-refractivity contribution in [3.8, 4) is 0 Å². The molecule has 0 aromatic rings. The van der Waals surface area contributed by atoms with E-state index < -0.39 is 11.9 Å². The van der Waals surface area contributed by atoms with Crippen LogP contribution in [0.1, 0.15) is 44.9 Å². The molecule has 0 aliphatic heterocycles. The van der Waals surface area contributed by atoms with Gasteiger partial charge in [0, 0.05) is 6.04 Å². The third kappa shape index (κ3) is 2.52. The second-order valence-corrected chi connectivity index (χ2v) is 6.26. The van der Waals surface area contributed by atoms with E-state index in [4.69, 9.17) is 5.11 Å². The molecular weight excluding hydrogens is 230 g/mol. The molecule has 18 heavy (non-hydrogen) atoms. The average Bonchev–Trinajstić information content (AvgIpc) is 3.20. The maximum atomic E-state index is 11.9. The van der Waals surface area contributed by atoms with Gasteiger partial charge in [-0.3, -0.25) is 9.59 Å². The standard InChI is InChI=1S/C14H21NO3/c16-13(11-7-12(11)14(17)18)15-10-3-1-2-9(6-10)8-4-5-8/h8-12H,1-7H2,(H,15,16)(H,17,18). The number of hydrogen-bond acceptors (Lipinski definition) is 2. The van der Waals surface area contributed by atoms with E-state index in [1.165, 1.54) is 25.7 Å². The molecule has 4 nitrogen and oxygen atoms in total. The Labute approximate surface area is 107 Å². The Hall–Kier alpha value is -1.06. The number of carbonyl (C=O) groups excluding carboxylic acids is 1. The Morgan fingerprint density at radius 1 is 0.944 bits per heavy atom. The SMILES string of the molecule is O=C(O)C1CC1C(=O)NC1CCCC(C2CC2)C1. The van der Waals surface area contributed by atoms with Crippen molar-refractivity contribution in [2.24, 2.45) is 23.7 Å². The first-order valence-corrected chi connectivity index (χ1v) is 7.18. The van der Waals surface area contributed by atoms with Crippen LogP contribution in [0.5, 0.6) is 0 Å². The lowest BCUT2D eigenvalue weighted by atomic mass is 9.82. The summed E-state index contributed by atoms with van der Waals surface area (Å²) in [7, 11) is 0. The summed E-state index contributed by atoms with van der Waals surface area (Å²) in [6.45, 7) is 0. The second-order valence-electron chi connectivity index (χ2n) is 6.26. The Balaban J connectivity index is 1.47. The molecule has 0 radical (unpaired) electrons. The normalized spacial score (nSPS) is 39.1. The van der Waals surface area contributed by atoms with E-state index in [0.29, 0.717) is 12.5 Å². The molecule has 4 atom stereocenters. The van der Waals surface area contributed by atoms with Gasteiger partial charge < -0.3 is 10.4 Å². The highest BCUT2D eigenvalue weighted by atomic mass is 16.4. The Bertz CT molecular complexity index is 364. The summed E-state index contributed by atoms with van der Waals surface area (Å²) in [4.78, 5) is 22.6. The van der Waals surface area contributed by atoms with Crippen LogP contribution in [0.4, 0.5) is 0 Å². The molecule has 0 aromatic heterocycles. The number of aliphatic carboxylic acids is 1. The number of carboxylic acids is 1. The molecule has 0 spiro atoms. The smallest absolute Gasteiger partial charge is 0.307 e. The van der Waals surface area contributed by atoms with Crippen LogP contribution in [0.3, 0.4) is 0 Å². The van der Waals surface area contributed by atoms with Crippen molar-refractivity contribution >= 4 is 11.9 Å². The third-order valence-corrected chi connectivity index (χ3v) is 4.79. The van der Waals surface area contributed by atoms with E-state index in [1.54, 1.807) is 0 Å². The van der Waals surface area contributed by atoms with Gasteiger partial charge in [0.2, 0.25) is 5.91 Å². The molecule has 3 aliphatic carbocycles. The van der Waals surface area contributed by atoms with Gasteiger partial charge in [-0.15, -0.1) is 0 Å². The third-order valence-electron chi connectivity index (χ3n) is 4.79. The lowest BCUT2D eigenvalue weighted by Crippen LogP contribution is -2.40. The summed E-state index contributed by atoms with van der Waals surface area (Å²) in [5, 5.41) is 11.9. The minimum absolute atomic E-state index is 0.0242. The van der Waals surface area contributed by atoms with Gasteiger partial charge in [-0.25, -0.2) is 0 Å². The van der Waals surface area contributed by atoms with Crippen LogP contribution in [0.15, 0.2) is 0 Å². The Morgan fingerprint density at radius 3 is 2.33 bits per heavy atom. The summed E-state index contributed by atoms with van der Waals surface area (Å²) in [6.07, 6.45) is 7.97. The number of nitrogens with one attached hydrogen (secondary N) is 1. The summed E-state index contributed by atoms with van der Waals surface area (Å²) in [5.41, 5.74) is 0. The lowest BCUT2D eigenvalue weighted by molar-refractivity contribution is -0.140. The Morgan fingerprint density at radius 2 is 1.72 bits per heavy atom. The van der Waals surface area contributed by atoms with Gasteiger partial charge in [0.25, 0.3) is 0 Å². The van der Waals surface area contributed by atoms with Crippen molar-refractivity contribution in [2.45, 2.75) is 51.0 Å². The van der Waals surface area contributed by atoms with E-state index in [-0.39, 0.29) is 11.8 Å². The number of carboxylic acid groups (broad SMARTS) is 1. The summed E-state index contributed by atoms with van der Waals surface area (Å²) in [6, 6.07) is 0.298. The van der Waals surface area contributed by atoms with Crippen LogP contribution < -0.4 is 5.32 Å². The molecule has 4 unspecified atom stereocenters. The minimum atomic E-state index is -0.824. The van der Waals surface area contributed by atoms with Crippen molar-refractivity contribution in [1.29, 1.82) is 0 Å². The number of carbonyl (C=O) groups is 2. The first kappa shape index (κ1) is 12.0. The maximum absolute atomic E-state index is 11.9. The largest absolute Gasteiger partial charge is 0.481 e. The molecule has 3 rings (SSSR count). The molecule has 4 heteroatoms. The monoisotopic (exact) mass is 251 g/mol. The van der Waals surface area contributed by atoms with Crippen LogP contribution in [0.25, 0.3) is 0 Å². The van der Waals surface area contributed by atoms with E-state index in [9.17, 15) is 9.59 Å². The molecule has 0 saturated heterocycles. The fourth-order valence-electron chi connectivity index (χ4n) is 3.42. The molecule has 3 aliphatic rings. The maximum Gasteiger partial charge on any atom is 0.307 e. The fourth-order valence-corrected chi connectivity index (χ4v) is 3.42. The van der Waals surface area contributed by atoms with Gasteiger partial charge in [-0.1, -0.05) is 12.8 Å². The van der Waals surface area contributed by atoms with Crippen molar-refractivity contribution in [3.63, 3.8) is 0 Å². The molecule has 3 saturated carbocycles. The van der Waals surface area contributed by atoms with E-state index in [2.05, 4.69) is 5.32 Å². The van der Waals surface area contributed by atoms with Gasteiger partial charge in [-0.05, 0) is 43.9 Å². The van der Waals surface area contributed by atoms with Crippen LogP contribution in [0.2, 0.25) is 0 Å². The Kier molecular flexibility index (Phi) is 3.04. The zero-order chi connectivity index (χ0) is 12.7. The highest BCUT2D eigenvalue weighted by Gasteiger charge is 2.48. The van der Waals surface area contributed by atoms with Gasteiger partial charge in [0.1, 0.15) is 0 Å². The zero-order valence-corrected chi connectivity index (χ0v) is 10.6. The van der Waals surface area contributed by atoms with Crippen LogP contribution in [0, 0.1) is 23.7 Å². The predicted molar refractivity (Wildman–Crippen MR) is 65.8 cm³/mol. The quantitative estimate of drug-likeness (QED) is 0.800. The molecule has 0 bridgehead atoms. The zero-order valence-electron chi connectivity index (χ0n) is 10.6. The van der Waals surface area contributed by atoms with Crippen molar-refractivity contribution in [2.75, 3.05) is 0 Å². The summed E-state index contributed by atoms with van der Waals surface area (Å²) >= 11 is 0. The van der Waals surface area contributed by atoms with E-state index >= 15 is 0 Å². The van der Waals surface area contributed by atoms with Gasteiger partial charge in [0.05, 0.1) is 11.8 Å². The molecule has 100 valence electrons. The highest BCUT2D eigenvalue weighted by Crippen LogP contribution is 2.44. The summed E-state index contributed by atoms with van der Waals surface area (Å²) < 4.78 is 0. The molecule has 0 aromatic carbocycles. The van der Waals surface area contributed by atoms with Crippen LogP contribution >= 0.6 is 0 Å². The van der Waals surface area contributed by atoms with Gasteiger partial charge in [-0.2, -0.15) is 0 Å². The highest BCUT2D eigenvalue weighted by molar-refractivity contribution is 5.89. The first-order chi connectivity index (χ1) is 8.65. The van der Waals surface area contributed by atoms with Crippen molar-refractivity contribution in [1.82, 2.24) is 5.32 Å². The second kappa shape index (κ2) is 4.56. The van der Waals surface area contributed by atoms with Gasteiger partial charge >= 0.3 is 5.97 Å². The van der Waals surface area contributed by atoms with E-state index in [1.807, 2.05) is 0 Å². The summed E-state index contributed by atoms with van der Waals surface area (Å²) in [5.74, 6) is 0.186. The van der Waals surface area contributed by atoms with Crippen molar-refractivity contribution < 1.29 is 14.7 Å². The van der Waals surface area contributed by atoms with Crippen molar-refractivity contribution in [3.05, 3.63) is 0 Å². The van der Waals surface area contributed by atoms with E-state index in [0.717, 1.165) is 24.7 Å². The fraction of sp³-hybridized carbons (Fsp3) is 0.857. The van der Waals surface area contributed by atoms with Crippen LogP contribution in [-0.4, -0.2) is 23.0 Å². The molecule has 3 fully saturated rings. The number of rotatable bonds is 4. The first-order valence-electron chi connectivity index (χ1n) is 7.18. The molecule has 2 N–H and O–H groups in total.